The number of hydrogen-bond donors (Lipinski definition) is 0. The number of carbonyl (C=O) groups is 1. The summed E-state index contributed by atoms with van der Waals surface area (Å²) in [6, 6.07) is 6.16. The second-order valence-corrected chi connectivity index (χ2v) is 5.80. The van der Waals surface area contributed by atoms with Gasteiger partial charge < -0.3 is 0 Å². The predicted molar refractivity (Wildman–Crippen MR) is 71.7 cm³/mol. The van der Waals surface area contributed by atoms with E-state index in [1.807, 2.05) is 6.07 Å². The fourth-order valence-electron chi connectivity index (χ4n) is 1.29. The number of thioether (sulfide) groups is 1. The fraction of sp³-hybridized carbons (Fsp3) is 0.100. The van der Waals surface area contributed by atoms with Crippen LogP contribution in [0, 0.1) is 3.57 Å². The maximum absolute atomic E-state index is 10.6. The highest BCUT2D eigenvalue weighted by atomic mass is 127. The first-order chi connectivity index (χ1) is 6.76. The summed E-state index contributed by atoms with van der Waals surface area (Å²) < 4.78 is 2.44. The van der Waals surface area contributed by atoms with Crippen molar-refractivity contribution in [3.63, 3.8) is 0 Å². The molecule has 2 aromatic rings. The minimum Gasteiger partial charge on any atom is -0.297 e. The molecule has 0 spiro atoms. The van der Waals surface area contributed by atoms with Gasteiger partial charge in [-0.1, -0.05) is 0 Å². The summed E-state index contributed by atoms with van der Waals surface area (Å²) >= 11 is 5.62. The van der Waals surface area contributed by atoms with Crippen LogP contribution in [-0.2, 0) is 0 Å². The zero-order valence-electron chi connectivity index (χ0n) is 7.41. The van der Waals surface area contributed by atoms with Crippen LogP contribution in [0.1, 0.15) is 9.67 Å². The van der Waals surface area contributed by atoms with E-state index >= 15 is 0 Å². The van der Waals surface area contributed by atoms with Gasteiger partial charge in [0.1, 0.15) is 0 Å². The van der Waals surface area contributed by atoms with Crippen LogP contribution in [0.25, 0.3) is 10.1 Å². The van der Waals surface area contributed by atoms with E-state index in [4.69, 9.17) is 0 Å². The molecule has 0 unspecified atom stereocenters. The molecule has 0 saturated carbocycles. The minimum absolute atomic E-state index is 0.802. The van der Waals surface area contributed by atoms with Gasteiger partial charge in [-0.15, -0.1) is 23.1 Å². The van der Waals surface area contributed by atoms with Crippen molar-refractivity contribution in [2.45, 2.75) is 4.90 Å². The average molecular weight is 334 g/mol. The van der Waals surface area contributed by atoms with E-state index in [1.54, 1.807) is 23.1 Å². The van der Waals surface area contributed by atoms with Crippen LogP contribution in [0.5, 0.6) is 0 Å². The lowest BCUT2D eigenvalue weighted by Gasteiger charge is -2.00. The van der Waals surface area contributed by atoms with Gasteiger partial charge in [-0.3, -0.25) is 4.79 Å². The van der Waals surface area contributed by atoms with Crippen molar-refractivity contribution >= 4 is 62.1 Å². The summed E-state index contributed by atoms with van der Waals surface area (Å²) in [5.41, 5.74) is 0. The first-order valence-electron chi connectivity index (χ1n) is 3.97. The largest absolute Gasteiger partial charge is 0.297 e. The zero-order valence-corrected chi connectivity index (χ0v) is 11.2. The molecule has 0 aliphatic heterocycles. The maximum Gasteiger partial charge on any atom is 0.160 e. The van der Waals surface area contributed by atoms with Gasteiger partial charge >= 0.3 is 0 Å². The summed E-state index contributed by atoms with van der Waals surface area (Å²) in [6.45, 7) is 0. The number of carbonyl (C=O) groups excluding carboxylic acids is 1. The Bertz CT molecular complexity index is 490. The molecule has 72 valence electrons. The summed E-state index contributed by atoms with van der Waals surface area (Å²) in [5.74, 6) is 0. The molecule has 0 saturated heterocycles. The minimum atomic E-state index is 0.802. The van der Waals surface area contributed by atoms with Gasteiger partial charge in [0.25, 0.3) is 0 Å². The van der Waals surface area contributed by atoms with E-state index in [-0.39, 0.29) is 0 Å². The highest BCUT2D eigenvalue weighted by Gasteiger charge is 2.07. The zero-order chi connectivity index (χ0) is 10.1. The number of halogens is 1. The molecular weight excluding hydrogens is 327 g/mol. The quantitative estimate of drug-likeness (QED) is 0.468. The third kappa shape index (κ3) is 1.70. The number of fused-ring (bicyclic) bond motifs is 1. The molecule has 14 heavy (non-hydrogen) atoms. The molecule has 1 nitrogen and oxygen atoms in total. The number of hydrogen-bond acceptors (Lipinski definition) is 3. The van der Waals surface area contributed by atoms with Gasteiger partial charge in [0.15, 0.2) is 6.29 Å². The number of aldehydes is 1. The highest BCUT2D eigenvalue weighted by Crippen LogP contribution is 2.33. The summed E-state index contributed by atoms with van der Waals surface area (Å²) in [7, 11) is 0. The Labute approximate surface area is 104 Å². The molecule has 0 fully saturated rings. The van der Waals surface area contributed by atoms with Gasteiger partial charge in [-0.05, 0) is 47.0 Å². The smallest absolute Gasteiger partial charge is 0.160 e. The van der Waals surface area contributed by atoms with E-state index in [0.29, 0.717) is 0 Å². The van der Waals surface area contributed by atoms with Crippen LogP contribution in [0.4, 0.5) is 0 Å². The third-order valence-electron chi connectivity index (χ3n) is 1.95. The van der Waals surface area contributed by atoms with Gasteiger partial charge in [-0.2, -0.15) is 0 Å². The lowest BCUT2D eigenvalue weighted by molar-refractivity contribution is 0.112. The Morgan fingerprint density at radius 2 is 2.29 bits per heavy atom. The van der Waals surface area contributed by atoms with Crippen molar-refractivity contribution in [2.24, 2.45) is 0 Å². The van der Waals surface area contributed by atoms with E-state index < -0.39 is 0 Å². The van der Waals surface area contributed by atoms with Crippen molar-refractivity contribution < 1.29 is 4.79 Å². The molecule has 0 radical (unpaired) electrons. The molecule has 1 aromatic carbocycles. The molecule has 2 rings (SSSR count). The van der Waals surface area contributed by atoms with Crippen LogP contribution in [-0.4, -0.2) is 12.5 Å². The lowest BCUT2D eigenvalue weighted by atomic mass is 10.2. The van der Waals surface area contributed by atoms with Gasteiger partial charge in [0, 0.05) is 18.6 Å². The molecule has 1 heterocycles. The van der Waals surface area contributed by atoms with E-state index in [1.165, 1.54) is 18.6 Å². The first kappa shape index (κ1) is 10.4. The molecule has 0 N–H and O–H groups in total. The van der Waals surface area contributed by atoms with Crippen molar-refractivity contribution in [2.75, 3.05) is 6.26 Å². The molecular formula is C10H7IOS2. The van der Waals surface area contributed by atoms with Crippen LogP contribution in [0.3, 0.4) is 0 Å². The first-order valence-corrected chi connectivity index (χ1v) is 7.09. The SMILES string of the molecule is CSc1ccc2sc(C=O)cc2c1I. The maximum atomic E-state index is 10.6. The molecule has 0 aliphatic rings. The number of thiophene rings is 1. The number of rotatable bonds is 2. The van der Waals surface area contributed by atoms with Crippen molar-refractivity contribution in [1.29, 1.82) is 0 Å². The van der Waals surface area contributed by atoms with Gasteiger partial charge in [-0.25, -0.2) is 0 Å². The Balaban J connectivity index is 2.74. The van der Waals surface area contributed by atoms with Crippen LogP contribution >= 0.6 is 45.7 Å². The standard InChI is InChI=1S/C10H7IOS2/c1-13-9-3-2-8-7(10(9)11)4-6(5-12)14-8/h2-5H,1H3. The van der Waals surface area contributed by atoms with Crippen LogP contribution in [0.2, 0.25) is 0 Å². The van der Waals surface area contributed by atoms with Crippen molar-refractivity contribution in [3.05, 3.63) is 26.6 Å². The molecule has 4 heteroatoms. The Kier molecular flexibility index (Phi) is 3.14. The molecule has 0 amide bonds. The topological polar surface area (TPSA) is 17.1 Å². The number of benzene rings is 1. The molecule has 0 aliphatic carbocycles. The van der Waals surface area contributed by atoms with E-state index in [0.717, 1.165) is 11.2 Å². The lowest BCUT2D eigenvalue weighted by Crippen LogP contribution is -1.77. The van der Waals surface area contributed by atoms with Crippen molar-refractivity contribution in [1.82, 2.24) is 0 Å². The molecule has 1 aromatic heterocycles. The highest BCUT2D eigenvalue weighted by molar-refractivity contribution is 14.1. The van der Waals surface area contributed by atoms with Crippen molar-refractivity contribution in [3.8, 4) is 0 Å². The third-order valence-corrected chi connectivity index (χ3v) is 5.29. The summed E-state index contributed by atoms with van der Waals surface area (Å²) in [5, 5.41) is 1.20. The normalized spacial score (nSPS) is 10.7. The second kappa shape index (κ2) is 4.20. The van der Waals surface area contributed by atoms with E-state index in [2.05, 4.69) is 41.0 Å². The summed E-state index contributed by atoms with van der Waals surface area (Å²) in [4.78, 5) is 12.7. The predicted octanol–water partition coefficient (Wildman–Crippen LogP) is 4.04. The Hall–Kier alpha value is -0.0700. The second-order valence-electron chi connectivity index (χ2n) is 2.76. The van der Waals surface area contributed by atoms with Crippen LogP contribution in [0.15, 0.2) is 23.1 Å². The Morgan fingerprint density at radius 3 is 2.93 bits per heavy atom. The summed E-state index contributed by atoms with van der Waals surface area (Å²) in [6.07, 6.45) is 2.98. The van der Waals surface area contributed by atoms with Crippen LogP contribution < -0.4 is 0 Å². The molecule has 0 bridgehead atoms. The van der Waals surface area contributed by atoms with Gasteiger partial charge in [0.2, 0.25) is 0 Å². The van der Waals surface area contributed by atoms with Gasteiger partial charge in [0.05, 0.1) is 4.88 Å². The Morgan fingerprint density at radius 1 is 1.50 bits per heavy atom. The average Bonchev–Trinajstić information content (AvgIpc) is 2.62. The fourth-order valence-corrected chi connectivity index (χ4v) is 4.14. The molecule has 0 atom stereocenters. The monoisotopic (exact) mass is 334 g/mol. The van der Waals surface area contributed by atoms with E-state index in [9.17, 15) is 4.79 Å².